The molecule has 0 saturated carbocycles. The summed E-state index contributed by atoms with van der Waals surface area (Å²) in [6.07, 6.45) is 0. The molecular weight excluding hydrogens is 86.0 g/mol. The Hall–Kier alpha value is -0.610. The van der Waals surface area contributed by atoms with Crippen LogP contribution in [-0.4, -0.2) is 11.2 Å². The topological polar surface area (TPSA) is 81.5 Å². The van der Waals surface area contributed by atoms with Crippen molar-refractivity contribution >= 4 is 5.97 Å². The Kier molecular flexibility index (Phi) is 6.61. The van der Waals surface area contributed by atoms with Crippen LogP contribution >= 0.6 is 0 Å². The molecule has 0 aliphatic heterocycles. The van der Waals surface area contributed by atoms with Crippen molar-refractivity contribution in [3.63, 3.8) is 0 Å². The van der Waals surface area contributed by atoms with Crippen LogP contribution in [0.5, 0.6) is 0 Å². The average Bonchev–Trinajstić information content (AvgIpc) is 1.38. The Balaban J connectivity index is 0. The molecule has 4 heteroatoms. The molecule has 38 valence electrons. The van der Waals surface area contributed by atoms with Gasteiger partial charge in [-0.2, -0.15) is 5.26 Å². The molecule has 0 bridgehead atoms. The second-order valence-corrected chi connectivity index (χ2v) is 0.583. The zero-order chi connectivity index (χ0) is 4.28. The van der Waals surface area contributed by atoms with Crippen molar-refractivity contribution in [2.24, 2.45) is 0 Å². The summed E-state index contributed by atoms with van der Waals surface area (Å²) in [6, 6.07) is 0. The molecule has 0 fully saturated rings. The van der Waals surface area contributed by atoms with E-state index in [0.717, 1.165) is 6.92 Å². The van der Waals surface area contributed by atoms with Crippen molar-refractivity contribution in [1.29, 1.82) is 0 Å². The Morgan fingerprint density at radius 2 is 2.00 bits per heavy atom. The summed E-state index contributed by atoms with van der Waals surface area (Å²) in [6.45, 7) is 1.11. The van der Waals surface area contributed by atoms with Gasteiger partial charge >= 0.3 is 5.97 Å². The molecule has 4 nitrogen and oxygen atoms in total. The lowest BCUT2D eigenvalue weighted by atomic mass is 10.9. The summed E-state index contributed by atoms with van der Waals surface area (Å²) >= 11 is 0. The van der Waals surface area contributed by atoms with Gasteiger partial charge in [-0.15, -0.1) is 0 Å². The maximum absolute atomic E-state index is 9.34. The number of rotatable bonds is 0. The highest BCUT2D eigenvalue weighted by Crippen LogP contribution is 1.59. The highest BCUT2D eigenvalue weighted by Gasteiger charge is 1.79. The van der Waals surface area contributed by atoms with Gasteiger partial charge < -0.3 is 11.0 Å². The zero-order valence-electron chi connectivity index (χ0n) is 3.47. The fourth-order valence-corrected chi connectivity index (χ4v) is 0. The van der Waals surface area contributed by atoms with Gasteiger partial charge in [0.05, 0.1) is 0 Å². The lowest BCUT2D eigenvalue weighted by molar-refractivity contribution is -0.231. The van der Waals surface area contributed by atoms with E-state index < -0.39 is 5.97 Å². The van der Waals surface area contributed by atoms with E-state index in [9.17, 15) is 4.79 Å². The Morgan fingerprint density at radius 1 is 1.83 bits per heavy atom. The van der Waals surface area contributed by atoms with Crippen LogP contribution in [0, 0.1) is 0 Å². The van der Waals surface area contributed by atoms with Gasteiger partial charge in [-0.3, -0.25) is 0 Å². The van der Waals surface area contributed by atoms with Crippen LogP contribution in [0.25, 0.3) is 0 Å². The van der Waals surface area contributed by atoms with E-state index in [4.69, 9.17) is 5.26 Å². The zero-order valence-corrected chi connectivity index (χ0v) is 3.47. The van der Waals surface area contributed by atoms with Gasteiger partial charge in [0.25, 0.3) is 0 Å². The SMILES string of the molecule is CC(=O)OO.N. The Morgan fingerprint density at radius 3 is 2.00 bits per heavy atom. The Labute approximate surface area is 35.2 Å². The van der Waals surface area contributed by atoms with Gasteiger partial charge in [0.1, 0.15) is 0 Å². The van der Waals surface area contributed by atoms with Crippen molar-refractivity contribution in [1.82, 2.24) is 6.15 Å². The molecule has 0 rings (SSSR count). The smallest absolute Gasteiger partial charge is 0.339 e. The third-order valence-electron chi connectivity index (χ3n) is 0.129. The van der Waals surface area contributed by atoms with Crippen LogP contribution in [0.15, 0.2) is 0 Å². The van der Waals surface area contributed by atoms with Gasteiger partial charge in [-0.1, -0.05) is 0 Å². The molecule has 0 heterocycles. The second kappa shape index (κ2) is 4.39. The molecule has 0 aliphatic carbocycles. The van der Waals surface area contributed by atoms with Crippen molar-refractivity contribution in [2.45, 2.75) is 6.92 Å². The predicted octanol–water partition coefficient (Wildman–Crippen LogP) is 0.184. The number of carbonyl (C=O) groups excluding carboxylic acids is 1. The monoisotopic (exact) mass is 93.0 g/mol. The van der Waals surface area contributed by atoms with Crippen LogP contribution in [0.2, 0.25) is 0 Å². The first kappa shape index (κ1) is 9.04. The molecule has 4 N–H and O–H groups in total. The number of hydrogen-bond acceptors (Lipinski definition) is 4. The largest absolute Gasteiger partial charge is 0.344 e. The van der Waals surface area contributed by atoms with E-state index >= 15 is 0 Å². The van der Waals surface area contributed by atoms with Gasteiger partial charge in [0.2, 0.25) is 0 Å². The van der Waals surface area contributed by atoms with Crippen molar-refractivity contribution in [2.75, 3.05) is 0 Å². The first-order chi connectivity index (χ1) is 2.27. The van der Waals surface area contributed by atoms with Crippen LogP contribution < -0.4 is 6.15 Å². The maximum Gasteiger partial charge on any atom is 0.339 e. The molecule has 0 atom stereocenters. The second-order valence-electron chi connectivity index (χ2n) is 0.583. The van der Waals surface area contributed by atoms with Gasteiger partial charge in [0.15, 0.2) is 0 Å². The lowest BCUT2D eigenvalue weighted by Gasteiger charge is -1.76. The van der Waals surface area contributed by atoms with Crippen molar-refractivity contribution < 1.29 is 14.9 Å². The molecule has 0 aliphatic rings. The van der Waals surface area contributed by atoms with E-state index in [-0.39, 0.29) is 6.15 Å². The molecular formula is C2H7NO3. The van der Waals surface area contributed by atoms with Crippen LogP contribution in [-0.2, 0) is 9.68 Å². The van der Waals surface area contributed by atoms with Crippen LogP contribution in [0.3, 0.4) is 0 Å². The molecule has 0 aromatic heterocycles. The van der Waals surface area contributed by atoms with Crippen molar-refractivity contribution in [3.05, 3.63) is 0 Å². The average molecular weight is 93.1 g/mol. The van der Waals surface area contributed by atoms with Crippen molar-refractivity contribution in [3.8, 4) is 0 Å². The highest BCUT2D eigenvalue weighted by molar-refractivity contribution is 5.64. The number of hydrogen-bond donors (Lipinski definition) is 2. The predicted molar refractivity (Wildman–Crippen MR) is 19.4 cm³/mol. The van der Waals surface area contributed by atoms with Gasteiger partial charge in [-0.05, 0) is 0 Å². The van der Waals surface area contributed by atoms with E-state index in [1.54, 1.807) is 0 Å². The minimum atomic E-state index is -0.690. The third-order valence-corrected chi connectivity index (χ3v) is 0.129. The summed E-state index contributed by atoms with van der Waals surface area (Å²) in [5, 5.41) is 7.29. The Bertz CT molecular complexity index is 44.1. The molecule has 0 aromatic carbocycles. The van der Waals surface area contributed by atoms with Crippen LogP contribution in [0.4, 0.5) is 0 Å². The molecule has 0 spiro atoms. The first-order valence-corrected chi connectivity index (χ1v) is 1.09. The first-order valence-electron chi connectivity index (χ1n) is 1.09. The molecule has 0 aromatic rings. The molecule has 0 radical (unpaired) electrons. The van der Waals surface area contributed by atoms with E-state index in [1.807, 2.05) is 0 Å². The summed E-state index contributed by atoms with van der Waals surface area (Å²) < 4.78 is 0. The van der Waals surface area contributed by atoms with Gasteiger partial charge in [0, 0.05) is 6.92 Å². The molecule has 0 unspecified atom stereocenters. The summed E-state index contributed by atoms with van der Waals surface area (Å²) in [7, 11) is 0. The quantitative estimate of drug-likeness (QED) is 0.330. The summed E-state index contributed by atoms with van der Waals surface area (Å²) in [5.41, 5.74) is 0. The minimum absolute atomic E-state index is 0. The van der Waals surface area contributed by atoms with Crippen LogP contribution in [0.1, 0.15) is 6.92 Å². The number of carbonyl (C=O) groups is 1. The minimum Gasteiger partial charge on any atom is -0.344 e. The normalized spacial score (nSPS) is 5.67. The molecule has 0 saturated heterocycles. The van der Waals surface area contributed by atoms with E-state index in [0.29, 0.717) is 0 Å². The van der Waals surface area contributed by atoms with E-state index in [2.05, 4.69) is 4.89 Å². The molecule has 6 heavy (non-hydrogen) atoms. The fraction of sp³-hybridized carbons (Fsp3) is 0.500. The standard InChI is InChI=1S/C2H4O3.H3N/c1-2(3)5-4;/h4H,1H3;1H3. The lowest BCUT2D eigenvalue weighted by Crippen LogP contribution is -1.89. The summed E-state index contributed by atoms with van der Waals surface area (Å²) in [4.78, 5) is 12.5. The fourth-order valence-electron chi connectivity index (χ4n) is 0. The maximum atomic E-state index is 9.34. The van der Waals surface area contributed by atoms with E-state index in [1.165, 1.54) is 0 Å². The highest BCUT2D eigenvalue weighted by atomic mass is 17.1. The third kappa shape index (κ3) is 10.0. The molecule has 0 amide bonds. The summed E-state index contributed by atoms with van der Waals surface area (Å²) in [5.74, 6) is -0.690. The van der Waals surface area contributed by atoms with Gasteiger partial charge in [-0.25, -0.2) is 4.79 Å².